The number of rotatable bonds is 9. The lowest BCUT2D eigenvalue weighted by Gasteiger charge is -2.16. The van der Waals surface area contributed by atoms with E-state index in [2.05, 4.69) is 18.9 Å². The van der Waals surface area contributed by atoms with E-state index >= 15 is 0 Å². The van der Waals surface area contributed by atoms with Gasteiger partial charge < -0.3 is 9.84 Å². The Morgan fingerprint density at radius 1 is 1.35 bits per heavy atom. The first-order valence-electron chi connectivity index (χ1n) is 8.96. The Balaban J connectivity index is 1.81. The maximum absolute atomic E-state index is 12.4. The van der Waals surface area contributed by atoms with Gasteiger partial charge in [-0.2, -0.15) is 0 Å². The molecular formula is C21H28O4S. The Morgan fingerprint density at radius 2 is 2.04 bits per heavy atom. The third kappa shape index (κ3) is 5.96. The molecule has 26 heavy (non-hydrogen) atoms. The fourth-order valence-corrected chi connectivity index (χ4v) is 4.53. The number of benzene rings is 1. The Morgan fingerprint density at radius 3 is 2.69 bits per heavy atom. The smallest absolute Gasteiger partial charge is 0.178 e. The molecule has 3 atom stereocenters. The lowest BCUT2D eigenvalue weighted by Crippen LogP contribution is -2.18. The van der Waals surface area contributed by atoms with Crippen molar-refractivity contribution in [2.45, 2.75) is 62.2 Å². The molecule has 1 saturated heterocycles. The molecule has 1 fully saturated rings. The SMILES string of the molecule is C=C=C(C)C[C@H](O)CCC1OC(CCS(=O)(=O)c2ccccc2)CC1=C. The molecule has 0 aromatic heterocycles. The Labute approximate surface area is 156 Å². The van der Waals surface area contributed by atoms with E-state index in [0.717, 1.165) is 11.1 Å². The third-order valence-electron chi connectivity index (χ3n) is 4.72. The summed E-state index contributed by atoms with van der Waals surface area (Å²) in [5, 5.41) is 10.0. The number of sulfone groups is 1. The molecule has 0 aliphatic carbocycles. The van der Waals surface area contributed by atoms with Gasteiger partial charge in [0.2, 0.25) is 0 Å². The molecule has 142 valence electrons. The Kier molecular flexibility index (Phi) is 7.42. The van der Waals surface area contributed by atoms with Crippen molar-refractivity contribution in [1.29, 1.82) is 0 Å². The highest BCUT2D eigenvalue weighted by Gasteiger charge is 2.30. The monoisotopic (exact) mass is 376 g/mol. The topological polar surface area (TPSA) is 63.6 Å². The summed E-state index contributed by atoms with van der Waals surface area (Å²) >= 11 is 0. The van der Waals surface area contributed by atoms with Crippen LogP contribution in [0.25, 0.3) is 0 Å². The van der Waals surface area contributed by atoms with E-state index in [1.165, 1.54) is 0 Å². The van der Waals surface area contributed by atoms with Gasteiger partial charge >= 0.3 is 0 Å². The molecule has 2 unspecified atom stereocenters. The molecule has 1 aromatic rings. The van der Waals surface area contributed by atoms with Gasteiger partial charge in [0.25, 0.3) is 0 Å². The van der Waals surface area contributed by atoms with E-state index in [0.29, 0.717) is 37.0 Å². The highest BCUT2D eigenvalue weighted by atomic mass is 32.2. The summed E-state index contributed by atoms with van der Waals surface area (Å²) in [4.78, 5) is 0.349. The van der Waals surface area contributed by atoms with Crippen LogP contribution in [0, 0.1) is 0 Å². The van der Waals surface area contributed by atoms with Gasteiger partial charge in [0.15, 0.2) is 9.84 Å². The maximum Gasteiger partial charge on any atom is 0.178 e. The highest BCUT2D eigenvalue weighted by molar-refractivity contribution is 7.91. The molecule has 1 N–H and O–H groups in total. The summed E-state index contributed by atoms with van der Waals surface area (Å²) in [7, 11) is -3.29. The van der Waals surface area contributed by atoms with Crippen molar-refractivity contribution < 1.29 is 18.3 Å². The average Bonchev–Trinajstić information content (AvgIpc) is 2.99. The maximum atomic E-state index is 12.4. The van der Waals surface area contributed by atoms with Crippen LogP contribution in [0.4, 0.5) is 0 Å². The standard InChI is InChI=1S/C21H28O4S/c1-4-16(2)14-18(22)10-11-21-17(3)15-19(25-21)12-13-26(23,24)20-8-6-5-7-9-20/h5-9,18-19,21-22H,1,3,10-15H2,2H3/t18-,19?,21?/m1/s1. The minimum atomic E-state index is -3.29. The zero-order valence-electron chi connectivity index (χ0n) is 15.4. The van der Waals surface area contributed by atoms with Crippen molar-refractivity contribution in [2.24, 2.45) is 0 Å². The molecular weight excluding hydrogens is 348 g/mol. The average molecular weight is 377 g/mol. The zero-order chi connectivity index (χ0) is 19.2. The molecule has 1 aromatic carbocycles. The Hall–Kier alpha value is -1.65. The zero-order valence-corrected chi connectivity index (χ0v) is 16.2. The van der Waals surface area contributed by atoms with Gasteiger partial charge in [-0.05, 0) is 55.9 Å². The molecule has 0 spiro atoms. The first-order chi connectivity index (χ1) is 12.3. The van der Waals surface area contributed by atoms with Gasteiger partial charge in [0, 0.05) is 6.42 Å². The molecule has 1 heterocycles. The number of aliphatic hydroxyl groups is 1. The summed E-state index contributed by atoms with van der Waals surface area (Å²) in [5.74, 6) is 0.0631. The molecule has 0 bridgehead atoms. The van der Waals surface area contributed by atoms with E-state index in [4.69, 9.17) is 4.74 Å². The van der Waals surface area contributed by atoms with Crippen LogP contribution in [-0.4, -0.2) is 37.6 Å². The quantitative estimate of drug-likeness (QED) is 0.526. The molecule has 1 aliphatic heterocycles. The second-order valence-electron chi connectivity index (χ2n) is 6.92. The summed E-state index contributed by atoms with van der Waals surface area (Å²) in [6, 6.07) is 8.49. The van der Waals surface area contributed by atoms with E-state index in [1.54, 1.807) is 30.3 Å². The fraction of sp³-hybridized carbons (Fsp3) is 0.476. The minimum Gasteiger partial charge on any atom is -0.393 e. The van der Waals surface area contributed by atoms with E-state index in [1.807, 2.05) is 6.92 Å². The van der Waals surface area contributed by atoms with E-state index in [-0.39, 0.29) is 18.0 Å². The predicted molar refractivity (Wildman–Crippen MR) is 104 cm³/mol. The molecule has 5 heteroatoms. The summed E-state index contributed by atoms with van der Waals surface area (Å²) in [6.07, 6.45) is 2.30. The van der Waals surface area contributed by atoms with Crippen LogP contribution in [0.2, 0.25) is 0 Å². The van der Waals surface area contributed by atoms with Gasteiger partial charge in [-0.25, -0.2) is 8.42 Å². The molecule has 1 aliphatic rings. The number of hydrogen-bond donors (Lipinski definition) is 1. The lowest BCUT2D eigenvalue weighted by molar-refractivity contribution is 0.0369. The second-order valence-corrected chi connectivity index (χ2v) is 9.03. The van der Waals surface area contributed by atoms with Gasteiger partial charge in [-0.3, -0.25) is 0 Å². The van der Waals surface area contributed by atoms with Gasteiger partial charge in [-0.15, -0.1) is 5.73 Å². The molecule has 2 rings (SSSR count). The summed E-state index contributed by atoms with van der Waals surface area (Å²) < 4.78 is 30.7. The lowest BCUT2D eigenvalue weighted by atomic mass is 10.00. The molecule has 0 saturated carbocycles. The van der Waals surface area contributed by atoms with Crippen molar-refractivity contribution >= 4 is 9.84 Å². The van der Waals surface area contributed by atoms with Gasteiger partial charge in [0.05, 0.1) is 29.0 Å². The highest BCUT2D eigenvalue weighted by Crippen LogP contribution is 2.30. The first-order valence-corrected chi connectivity index (χ1v) is 10.6. The van der Waals surface area contributed by atoms with Crippen LogP contribution in [0.5, 0.6) is 0 Å². The van der Waals surface area contributed by atoms with Crippen LogP contribution < -0.4 is 0 Å². The second kappa shape index (κ2) is 9.33. The number of hydrogen-bond acceptors (Lipinski definition) is 4. The van der Waals surface area contributed by atoms with Crippen molar-refractivity contribution in [1.82, 2.24) is 0 Å². The van der Waals surface area contributed by atoms with Crippen LogP contribution in [0.3, 0.4) is 0 Å². The summed E-state index contributed by atoms with van der Waals surface area (Å²) in [5.41, 5.74) is 4.70. The first kappa shape index (κ1) is 20.7. The van der Waals surface area contributed by atoms with Gasteiger partial charge in [-0.1, -0.05) is 31.4 Å². The van der Waals surface area contributed by atoms with E-state index < -0.39 is 15.9 Å². The largest absolute Gasteiger partial charge is 0.393 e. The van der Waals surface area contributed by atoms with Crippen molar-refractivity contribution in [3.63, 3.8) is 0 Å². The van der Waals surface area contributed by atoms with E-state index in [9.17, 15) is 13.5 Å². The fourth-order valence-electron chi connectivity index (χ4n) is 3.15. The van der Waals surface area contributed by atoms with Crippen molar-refractivity contribution in [3.8, 4) is 0 Å². The minimum absolute atomic E-state index is 0.0631. The molecule has 4 nitrogen and oxygen atoms in total. The number of ether oxygens (including phenoxy) is 1. The normalized spacial score (nSPS) is 21.4. The van der Waals surface area contributed by atoms with Crippen molar-refractivity contribution in [3.05, 3.63) is 60.4 Å². The van der Waals surface area contributed by atoms with Crippen molar-refractivity contribution in [2.75, 3.05) is 5.75 Å². The number of aliphatic hydroxyl groups excluding tert-OH is 1. The van der Waals surface area contributed by atoms with Crippen LogP contribution in [0.1, 0.15) is 39.0 Å². The molecule has 0 radical (unpaired) electrons. The Bertz CT molecular complexity index is 760. The third-order valence-corrected chi connectivity index (χ3v) is 6.48. The summed E-state index contributed by atoms with van der Waals surface area (Å²) in [6.45, 7) is 9.53. The van der Waals surface area contributed by atoms with Crippen LogP contribution >= 0.6 is 0 Å². The molecule has 0 amide bonds. The van der Waals surface area contributed by atoms with Crippen LogP contribution in [-0.2, 0) is 14.6 Å². The predicted octanol–water partition coefficient (Wildman–Crippen LogP) is 3.83. The van der Waals surface area contributed by atoms with Crippen LogP contribution in [0.15, 0.2) is 65.3 Å². The van der Waals surface area contributed by atoms with Gasteiger partial charge in [0.1, 0.15) is 0 Å².